The van der Waals surface area contributed by atoms with Gasteiger partial charge in [0.25, 0.3) is 5.91 Å². The molecule has 3 nitrogen and oxygen atoms in total. The monoisotopic (exact) mass is 317 g/mol. The Labute approximate surface area is 108 Å². The maximum Gasteiger partial charge on any atom is 0.258 e. The molecule has 1 saturated heterocycles. The molecule has 0 saturated carbocycles. The standard InChI is InChI=1S/C10H8BrNO2S2/c11-6-2-1-3-7-8(6)10(9(13)12-7)15-4-5-16(10)14/h1-3H,4-5H2,(H,12,13)/t10-,16?/m1/s1. The largest absolute Gasteiger partial charge is 0.323 e. The third kappa shape index (κ3) is 1.21. The Morgan fingerprint density at radius 3 is 3.00 bits per heavy atom. The lowest BCUT2D eigenvalue weighted by molar-refractivity contribution is -0.116. The zero-order chi connectivity index (χ0) is 11.3. The fraction of sp³-hybridized carbons (Fsp3) is 0.300. The van der Waals surface area contributed by atoms with Gasteiger partial charge in [-0.05, 0) is 12.1 Å². The number of benzene rings is 1. The average molecular weight is 318 g/mol. The molecule has 2 aliphatic heterocycles. The van der Waals surface area contributed by atoms with Crippen LogP contribution in [0.4, 0.5) is 5.69 Å². The minimum atomic E-state index is -1.14. The van der Waals surface area contributed by atoms with Crippen LogP contribution in [0, 0.1) is 0 Å². The number of anilines is 1. The summed E-state index contributed by atoms with van der Waals surface area (Å²) in [4.78, 5) is 12.1. The fourth-order valence-corrected chi connectivity index (χ4v) is 6.82. The molecule has 2 aliphatic rings. The number of fused-ring (bicyclic) bond motifs is 2. The second-order valence-corrected chi connectivity index (χ2v) is 7.76. The van der Waals surface area contributed by atoms with E-state index in [4.69, 9.17) is 0 Å². The van der Waals surface area contributed by atoms with Gasteiger partial charge in [-0.15, -0.1) is 11.8 Å². The fourth-order valence-electron chi connectivity index (χ4n) is 2.11. The Balaban J connectivity index is 2.30. The van der Waals surface area contributed by atoms with E-state index in [1.54, 1.807) is 0 Å². The summed E-state index contributed by atoms with van der Waals surface area (Å²) in [6, 6.07) is 5.60. The Kier molecular flexibility index (Phi) is 2.42. The summed E-state index contributed by atoms with van der Waals surface area (Å²) in [6.07, 6.45) is 0. The van der Waals surface area contributed by atoms with Crippen LogP contribution in [-0.4, -0.2) is 21.6 Å². The molecule has 6 heteroatoms. The number of hydrogen-bond donors (Lipinski definition) is 1. The van der Waals surface area contributed by atoms with E-state index in [0.29, 0.717) is 5.75 Å². The molecule has 0 bridgehead atoms. The third-order valence-corrected chi connectivity index (χ3v) is 7.42. The van der Waals surface area contributed by atoms with Crippen LogP contribution < -0.4 is 5.32 Å². The molecular weight excluding hydrogens is 310 g/mol. The molecule has 0 aliphatic carbocycles. The van der Waals surface area contributed by atoms with Crippen LogP contribution in [0.2, 0.25) is 0 Å². The summed E-state index contributed by atoms with van der Waals surface area (Å²) in [6.45, 7) is 0. The first kappa shape index (κ1) is 10.8. The number of halogens is 1. The summed E-state index contributed by atoms with van der Waals surface area (Å²) in [5.74, 6) is 1.20. The molecule has 0 aromatic heterocycles. The van der Waals surface area contributed by atoms with E-state index in [9.17, 15) is 9.00 Å². The van der Waals surface area contributed by atoms with Gasteiger partial charge in [0.05, 0.1) is 10.8 Å². The van der Waals surface area contributed by atoms with E-state index in [0.717, 1.165) is 21.5 Å². The maximum atomic E-state index is 12.1. The molecule has 1 aromatic rings. The van der Waals surface area contributed by atoms with E-state index >= 15 is 0 Å². The van der Waals surface area contributed by atoms with Crippen molar-refractivity contribution < 1.29 is 9.00 Å². The summed E-state index contributed by atoms with van der Waals surface area (Å²) < 4.78 is 12.1. The molecule has 0 radical (unpaired) electrons. The highest BCUT2D eigenvalue weighted by molar-refractivity contribution is 9.10. The van der Waals surface area contributed by atoms with Crippen molar-refractivity contribution in [1.29, 1.82) is 0 Å². The van der Waals surface area contributed by atoms with Gasteiger partial charge in [-0.2, -0.15) is 0 Å². The van der Waals surface area contributed by atoms with Gasteiger partial charge in [-0.25, -0.2) is 0 Å². The van der Waals surface area contributed by atoms with Gasteiger partial charge in [-0.1, -0.05) is 22.0 Å². The third-order valence-electron chi connectivity index (χ3n) is 2.78. The van der Waals surface area contributed by atoms with Gasteiger partial charge in [-0.3, -0.25) is 9.00 Å². The summed E-state index contributed by atoms with van der Waals surface area (Å²) in [7, 11) is -1.14. The van der Waals surface area contributed by atoms with Crippen molar-refractivity contribution in [2.75, 3.05) is 16.8 Å². The molecule has 84 valence electrons. The SMILES string of the molecule is O=C1Nc2cccc(Br)c2[C@]12SCCS2=O. The Bertz CT molecular complexity index is 520. The molecule has 2 heterocycles. The van der Waals surface area contributed by atoms with Crippen molar-refractivity contribution in [1.82, 2.24) is 0 Å². The van der Waals surface area contributed by atoms with Crippen LogP contribution >= 0.6 is 27.7 Å². The molecule has 1 N–H and O–H groups in total. The highest BCUT2D eigenvalue weighted by atomic mass is 79.9. The smallest absolute Gasteiger partial charge is 0.258 e. The van der Waals surface area contributed by atoms with Crippen molar-refractivity contribution in [3.8, 4) is 0 Å². The summed E-state index contributed by atoms with van der Waals surface area (Å²) in [5, 5.41) is 2.82. The molecule has 1 amide bonds. The lowest BCUT2D eigenvalue weighted by Gasteiger charge is -2.19. The van der Waals surface area contributed by atoms with Gasteiger partial charge in [0.1, 0.15) is 0 Å². The van der Waals surface area contributed by atoms with E-state index < -0.39 is 14.9 Å². The predicted molar refractivity (Wildman–Crippen MR) is 69.9 cm³/mol. The summed E-state index contributed by atoms with van der Waals surface area (Å²) >= 11 is 4.93. The topological polar surface area (TPSA) is 46.2 Å². The van der Waals surface area contributed by atoms with Gasteiger partial charge in [0.15, 0.2) is 4.08 Å². The highest BCUT2D eigenvalue weighted by Crippen LogP contribution is 2.54. The first-order chi connectivity index (χ1) is 7.66. The number of rotatable bonds is 0. The van der Waals surface area contributed by atoms with Crippen molar-refractivity contribution in [2.24, 2.45) is 0 Å². The van der Waals surface area contributed by atoms with E-state index in [1.807, 2.05) is 18.2 Å². The normalized spacial score (nSPS) is 31.8. The molecule has 2 atom stereocenters. The van der Waals surface area contributed by atoms with Gasteiger partial charge in [0.2, 0.25) is 0 Å². The number of carbonyl (C=O) groups excluding carboxylic acids is 1. The van der Waals surface area contributed by atoms with Crippen molar-refractivity contribution in [3.63, 3.8) is 0 Å². The Hall–Kier alpha value is -0.330. The molecule has 3 rings (SSSR count). The van der Waals surface area contributed by atoms with Crippen molar-refractivity contribution in [2.45, 2.75) is 4.08 Å². The number of amides is 1. The van der Waals surface area contributed by atoms with Crippen LogP contribution in [0.1, 0.15) is 5.56 Å². The minimum Gasteiger partial charge on any atom is -0.323 e. The molecule has 1 unspecified atom stereocenters. The number of nitrogens with one attached hydrogen (secondary N) is 1. The first-order valence-corrected chi connectivity index (χ1v) is 7.89. The van der Waals surface area contributed by atoms with E-state index in [-0.39, 0.29) is 5.91 Å². The van der Waals surface area contributed by atoms with E-state index in [2.05, 4.69) is 21.2 Å². The average Bonchev–Trinajstić information content (AvgIpc) is 2.74. The maximum absolute atomic E-state index is 12.1. The molecular formula is C10H8BrNO2S2. The number of hydrogen-bond acceptors (Lipinski definition) is 3. The Morgan fingerprint density at radius 2 is 2.31 bits per heavy atom. The van der Waals surface area contributed by atoms with Crippen LogP contribution in [-0.2, 0) is 19.7 Å². The van der Waals surface area contributed by atoms with Crippen LogP contribution in [0.25, 0.3) is 0 Å². The first-order valence-electron chi connectivity index (χ1n) is 4.79. The summed E-state index contributed by atoms with van der Waals surface area (Å²) in [5.41, 5.74) is 1.63. The molecule has 1 fully saturated rings. The highest BCUT2D eigenvalue weighted by Gasteiger charge is 2.56. The van der Waals surface area contributed by atoms with Crippen LogP contribution in [0.3, 0.4) is 0 Å². The second-order valence-electron chi connectivity index (χ2n) is 3.63. The van der Waals surface area contributed by atoms with Gasteiger partial charge in [0, 0.05) is 27.2 Å². The second kappa shape index (κ2) is 3.58. The quantitative estimate of drug-likeness (QED) is 0.796. The number of carbonyl (C=O) groups is 1. The van der Waals surface area contributed by atoms with Crippen molar-refractivity contribution in [3.05, 3.63) is 28.2 Å². The molecule has 16 heavy (non-hydrogen) atoms. The number of thioether (sulfide) groups is 1. The van der Waals surface area contributed by atoms with E-state index in [1.165, 1.54) is 11.8 Å². The molecule has 1 aromatic carbocycles. The zero-order valence-electron chi connectivity index (χ0n) is 8.16. The zero-order valence-corrected chi connectivity index (χ0v) is 11.4. The Morgan fingerprint density at radius 1 is 1.50 bits per heavy atom. The predicted octanol–water partition coefficient (Wildman–Crippen LogP) is 2.05. The lowest BCUT2D eigenvalue weighted by Crippen LogP contribution is -2.32. The van der Waals surface area contributed by atoms with Crippen molar-refractivity contribution >= 4 is 50.1 Å². The van der Waals surface area contributed by atoms with Gasteiger partial charge < -0.3 is 5.32 Å². The van der Waals surface area contributed by atoms with Crippen LogP contribution in [0.5, 0.6) is 0 Å². The van der Waals surface area contributed by atoms with Gasteiger partial charge >= 0.3 is 0 Å². The lowest BCUT2D eigenvalue weighted by atomic mass is 10.1. The van der Waals surface area contributed by atoms with Crippen LogP contribution in [0.15, 0.2) is 22.7 Å². The molecule has 1 spiro atoms. The minimum absolute atomic E-state index is 0.143.